The minimum Gasteiger partial charge on any atom is -0.480 e. The van der Waals surface area contributed by atoms with E-state index in [9.17, 15) is 29.4 Å². The van der Waals surface area contributed by atoms with Gasteiger partial charge in [-0.3, -0.25) is 19.2 Å². The second kappa shape index (κ2) is 5.79. The molecule has 0 spiro atoms. The lowest BCUT2D eigenvalue weighted by Gasteiger charge is -2.18. The zero-order valence-electron chi connectivity index (χ0n) is 11.4. The first-order valence-electron chi connectivity index (χ1n) is 6.26. The number of carbonyl (C=O) groups is 4. The standard InChI is InChI=1S/C14H11NO8/c16-11(17)9(12(18)19)6-1-2-7-5(3-4-15-7)8(6)10(13(20)21)14(22)23/h1-4,9-10,15H,(H,16,17)(H,18,19)(H,20,21)(H,22,23). The monoisotopic (exact) mass is 321 g/mol. The molecule has 0 fully saturated rings. The first-order chi connectivity index (χ1) is 10.8. The molecule has 0 aliphatic rings. The predicted molar refractivity (Wildman–Crippen MR) is 74.3 cm³/mol. The van der Waals surface area contributed by atoms with Crippen molar-refractivity contribution < 1.29 is 39.6 Å². The van der Waals surface area contributed by atoms with Crippen molar-refractivity contribution in [3.63, 3.8) is 0 Å². The average Bonchev–Trinajstić information content (AvgIpc) is 2.87. The zero-order valence-corrected chi connectivity index (χ0v) is 11.4. The summed E-state index contributed by atoms with van der Waals surface area (Å²) < 4.78 is 0. The van der Waals surface area contributed by atoms with Crippen LogP contribution in [-0.4, -0.2) is 49.3 Å². The van der Waals surface area contributed by atoms with Crippen LogP contribution in [0.15, 0.2) is 24.4 Å². The third kappa shape index (κ3) is 2.71. The molecule has 0 saturated heterocycles. The highest BCUT2D eigenvalue weighted by Crippen LogP contribution is 2.34. The smallest absolute Gasteiger partial charge is 0.322 e. The van der Waals surface area contributed by atoms with E-state index in [2.05, 4.69) is 4.98 Å². The molecule has 23 heavy (non-hydrogen) atoms. The van der Waals surface area contributed by atoms with Crippen LogP contribution in [0.2, 0.25) is 0 Å². The number of benzene rings is 1. The van der Waals surface area contributed by atoms with Crippen LogP contribution in [-0.2, 0) is 19.2 Å². The fourth-order valence-electron chi connectivity index (χ4n) is 2.47. The van der Waals surface area contributed by atoms with E-state index >= 15 is 0 Å². The molecule has 5 N–H and O–H groups in total. The van der Waals surface area contributed by atoms with Gasteiger partial charge in [0.15, 0.2) is 11.8 Å². The molecule has 0 amide bonds. The summed E-state index contributed by atoms with van der Waals surface area (Å²) in [6, 6.07) is 3.85. The maximum atomic E-state index is 11.3. The van der Waals surface area contributed by atoms with E-state index in [1.807, 2.05) is 0 Å². The number of aromatic amines is 1. The lowest BCUT2D eigenvalue weighted by molar-refractivity contribution is -0.153. The Kier molecular flexibility index (Phi) is 4.04. The highest BCUT2D eigenvalue weighted by Gasteiger charge is 2.38. The van der Waals surface area contributed by atoms with E-state index in [4.69, 9.17) is 10.2 Å². The zero-order chi connectivity index (χ0) is 17.3. The highest BCUT2D eigenvalue weighted by molar-refractivity contribution is 6.07. The van der Waals surface area contributed by atoms with Crippen LogP contribution in [0.25, 0.3) is 10.9 Å². The van der Waals surface area contributed by atoms with Gasteiger partial charge < -0.3 is 25.4 Å². The summed E-state index contributed by atoms with van der Waals surface area (Å²) in [5.74, 6) is -11.0. The number of carboxylic acid groups (broad SMARTS) is 4. The lowest BCUT2D eigenvalue weighted by Crippen LogP contribution is -2.27. The van der Waals surface area contributed by atoms with Crippen molar-refractivity contribution in [3.05, 3.63) is 35.5 Å². The Hall–Kier alpha value is -3.36. The summed E-state index contributed by atoms with van der Waals surface area (Å²) in [4.78, 5) is 47.9. The van der Waals surface area contributed by atoms with Crippen LogP contribution >= 0.6 is 0 Å². The van der Waals surface area contributed by atoms with Gasteiger partial charge in [-0.25, -0.2) is 0 Å². The molecule has 0 aliphatic carbocycles. The Morgan fingerprint density at radius 1 is 0.783 bits per heavy atom. The van der Waals surface area contributed by atoms with Crippen molar-refractivity contribution in [2.24, 2.45) is 0 Å². The van der Waals surface area contributed by atoms with E-state index in [0.29, 0.717) is 5.52 Å². The number of nitrogens with one attached hydrogen (secondary N) is 1. The van der Waals surface area contributed by atoms with Gasteiger partial charge in [0, 0.05) is 17.1 Å². The fourth-order valence-corrected chi connectivity index (χ4v) is 2.47. The summed E-state index contributed by atoms with van der Waals surface area (Å²) in [6.45, 7) is 0. The Balaban J connectivity index is 2.87. The molecule has 0 saturated carbocycles. The first kappa shape index (κ1) is 16.0. The summed E-state index contributed by atoms with van der Waals surface area (Å²) in [6.07, 6.45) is 1.41. The molecule has 2 aromatic rings. The minimum atomic E-state index is -2.09. The summed E-state index contributed by atoms with van der Waals surface area (Å²) in [7, 11) is 0. The van der Waals surface area contributed by atoms with Gasteiger partial charge >= 0.3 is 23.9 Å². The molecule has 9 nitrogen and oxygen atoms in total. The molecule has 0 aliphatic heterocycles. The summed E-state index contributed by atoms with van der Waals surface area (Å²) >= 11 is 0. The summed E-state index contributed by atoms with van der Waals surface area (Å²) in [5.41, 5.74) is -0.378. The van der Waals surface area contributed by atoms with Gasteiger partial charge in [0.1, 0.15) is 0 Å². The van der Waals surface area contributed by atoms with Gasteiger partial charge in [0.2, 0.25) is 0 Å². The van der Waals surface area contributed by atoms with Crippen LogP contribution in [0.3, 0.4) is 0 Å². The Bertz CT molecular complexity index is 793. The number of hydrogen-bond donors (Lipinski definition) is 5. The van der Waals surface area contributed by atoms with Crippen LogP contribution in [0.1, 0.15) is 23.0 Å². The van der Waals surface area contributed by atoms with Crippen molar-refractivity contribution in [2.75, 3.05) is 0 Å². The molecule has 0 radical (unpaired) electrons. The van der Waals surface area contributed by atoms with Crippen LogP contribution in [0.5, 0.6) is 0 Å². The summed E-state index contributed by atoms with van der Waals surface area (Å²) in [5, 5.41) is 36.8. The molecule has 1 heterocycles. The normalized spacial score (nSPS) is 11.0. The van der Waals surface area contributed by atoms with Crippen LogP contribution < -0.4 is 0 Å². The van der Waals surface area contributed by atoms with Crippen molar-refractivity contribution in [1.82, 2.24) is 4.98 Å². The topological polar surface area (TPSA) is 165 Å². The Morgan fingerprint density at radius 3 is 1.78 bits per heavy atom. The number of hydrogen-bond acceptors (Lipinski definition) is 4. The third-order valence-electron chi connectivity index (χ3n) is 3.40. The maximum Gasteiger partial charge on any atom is 0.322 e. The first-order valence-corrected chi connectivity index (χ1v) is 6.26. The van der Waals surface area contributed by atoms with Crippen molar-refractivity contribution >= 4 is 34.8 Å². The Morgan fingerprint density at radius 2 is 1.30 bits per heavy atom. The van der Waals surface area contributed by atoms with Gasteiger partial charge in [-0.2, -0.15) is 0 Å². The lowest BCUT2D eigenvalue weighted by atomic mass is 9.85. The SMILES string of the molecule is O=C(O)C(C(=O)O)c1ccc2[nH]ccc2c1C(C(=O)O)C(=O)O. The van der Waals surface area contributed by atoms with E-state index in [1.165, 1.54) is 18.3 Å². The van der Waals surface area contributed by atoms with Crippen molar-refractivity contribution in [2.45, 2.75) is 11.8 Å². The number of aromatic nitrogens is 1. The number of fused-ring (bicyclic) bond motifs is 1. The quantitative estimate of drug-likeness (QED) is 0.484. The maximum absolute atomic E-state index is 11.3. The number of aliphatic carboxylic acids is 4. The molecule has 1 aromatic heterocycles. The van der Waals surface area contributed by atoms with Crippen LogP contribution in [0.4, 0.5) is 0 Å². The molecule has 120 valence electrons. The molecular weight excluding hydrogens is 310 g/mol. The van der Waals surface area contributed by atoms with Crippen molar-refractivity contribution in [1.29, 1.82) is 0 Å². The number of H-pyrrole nitrogens is 1. The van der Waals surface area contributed by atoms with E-state index in [0.717, 1.165) is 6.07 Å². The molecule has 0 unspecified atom stereocenters. The fraction of sp³-hybridized carbons (Fsp3) is 0.143. The van der Waals surface area contributed by atoms with Gasteiger partial charge in [-0.15, -0.1) is 0 Å². The molecule has 2 rings (SSSR count). The second-order valence-electron chi connectivity index (χ2n) is 4.73. The molecule has 9 heteroatoms. The van der Waals surface area contributed by atoms with Gasteiger partial charge in [-0.05, 0) is 23.3 Å². The van der Waals surface area contributed by atoms with Gasteiger partial charge in [0.05, 0.1) is 0 Å². The highest BCUT2D eigenvalue weighted by atomic mass is 16.4. The largest absolute Gasteiger partial charge is 0.480 e. The van der Waals surface area contributed by atoms with E-state index < -0.39 is 35.7 Å². The molecule has 1 aromatic carbocycles. The van der Waals surface area contributed by atoms with Crippen molar-refractivity contribution in [3.8, 4) is 0 Å². The predicted octanol–water partition coefficient (Wildman–Crippen LogP) is 0.674. The van der Waals surface area contributed by atoms with E-state index in [1.54, 1.807) is 0 Å². The average molecular weight is 321 g/mol. The molecule has 0 atom stereocenters. The van der Waals surface area contributed by atoms with E-state index in [-0.39, 0.29) is 16.5 Å². The Labute approximate surface area is 127 Å². The molecule has 0 bridgehead atoms. The van der Waals surface area contributed by atoms with Crippen LogP contribution in [0, 0.1) is 0 Å². The molecular formula is C14H11NO8. The third-order valence-corrected chi connectivity index (χ3v) is 3.40. The second-order valence-corrected chi connectivity index (χ2v) is 4.73. The minimum absolute atomic E-state index is 0.143. The van der Waals surface area contributed by atoms with Gasteiger partial charge in [0.25, 0.3) is 0 Å². The van der Waals surface area contributed by atoms with Gasteiger partial charge in [-0.1, -0.05) is 6.07 Å². The number of rotatable bonds is 6. The number of carboxylic acids is 4.